The van der Waals surface area contributed by atoms with Crippen molar-refractivity contribution in [2.75, 3.05) is 6.61 Å². The monoisotopic (exact) mass is 394 g/mol. The quantitative estimate of drug-likeness (QED) is 0.539. The van der Waals surface area contributed by atoms with Gasteiger partial charge in [0.1, 0.15) is 0 Å². The molecule has 1 aliphatic carbocycles. The fourth-order valence-corrected chi connectivity index (χ4v) is 3.63. The van der Waals surface area contributed by atoms with Gasteiger partial charge in [-0.2, -0.15) is 0 Å². The molecule has 2 heterocycles. The molecule has 0 atom stereocenters. The summed E-state index contributed by atoms with van der Waals surface area (Å²) >= 11 is 0. The number of carbonyl (C=O) groups is 2. The van der Waals surface area contributed by atoms with E-state index in [1.165, 1.54) is 5.57 Å². The van der Waals surface area contributed by atoms with Crippen LogP contribution in [0.4, 0.5) is 0 Å². The second-order valence-corrected chi connectivity index (χ2v) is 8.58. The summed E-state index contributed by atoms with van der Waals surface area (Å²) in [5, 5.41) is 0. The zero-order chi connectivity index (χ0) is 21.0. The number of nitrogens with zero attached hydrogens (tertiary/aromatic N) is 1. The molecule has 3 rings (SSSR count). The molecule has 0 spiro atoms. The van der Waals surface area contributed by atoms with Crippen molar-refractivity contribution < 1.29 is 14.3 Å². The maximum absolute atomic E-state index is 12.8. The van der Waals surface area contributed by atoms with Gasteiger partial charge in [-0.1, -0.05) is 26.0 Å². The molecule has 2 aromatic rings. The minimum atomic E-state index is -0.282. The Morgan fingerprint density at radius 1 is 1.24 bits per heavy atom. The molecule has 5 nitrogen and oxygen atoms in total. The van der Waals surface area contributed by atoms with Gasteiger partial charge in [-0.25, -0.2) is 0 Å². The number of esters is 1. The highest BCUT2D eigenvalue weighted by atomic mass is 16.5. The van der Waals surface area contributed by atoms with Crippen molar-refractivity contribution in [2.45, 2.75) is 59.8 Å². The second-order valence-electron chi connectivity index (χ2n) is 8.58. The van der Waals surface area contributed by atoms with Crippen LogP contribution in [-0.4, -0.2) is 28.3 Å². The Morgan fingerprint density at radius 3 is 2.66 bits per heavy atom. The fraction of sp³-hybridized carbons (Fsp3) is 0.458. The summed E-state index contributed by atoms with van der Waals surface area (Å²) in [7, 11) is 0. The third kappa shape index (κ3) is 5.43. The smallest absolute Gasteiger partial charge is 0.311 e. The van der Waals surface area contributed by atoms with Crippen LogP contribution >= 0.6 is 0 Å². The van der Waals surface area contributed by atoms with Gasteiger partial charge in [0.05, 0.1) is 30.1 Å². The van der Waals surface area contributed by atoms with E-state index < -0.39 is 0 Å². The van der Waals surface area contributed by atoms with Gasteiger partial charge < -0.3 is 9.72 Å². The molecular weight excluding hydrogens is 364 g/mol. The van der Waals surface area contributed by atoms with Crippen LogP contribution in [0.1, 0.15) is 73.0 Å². The SMILES string of the molecule is CCOC(=O)Cc1ccc(CC(=O)c2cc(C)c[nH]2)c(C2=CCC(C)(C)CC2)n1. The first-order valence-corrected chi connectivity index (χ1v) is 10.3. The van der Waals surface area contributed by atoms with Crippen LogP contribution in [0.3, 0.4) is 0 Å². The van der Waals surface area contributed by atoms with Gasteiger partial charge in [0.15, 0.2) is 5.78 Å². The Bertz CT molecular complexity index is 937. The predicted molar refractivity (Wildman–Crippen MR) is 114 cm³/mol. The number of rotatable bonds is 7. The van der Waals surface area contributed by atoms with Gasteiger partial charge in [0.2, 0.25) is 0 Å². The number of ether oxygens (including phenoxy) is 1. The zero-order valence-electron chi connectivity index (χ0n) is 17.8. The topological polar surface area (TPSA) is 72.1 Å². The van der Waals surface area contributed by atoms with Crippen molar-refractivity contribution in [3.8, 4) is 0 Å². The van der Waals surface area contributed by atoms with Crippen LogP contribution in [0, 0.1) is 12.3 Å². The summed E-state index contributed by atoms with van der Waals surface area (Å²) in [6.45, 7) is 8.64. The number of aromatic amines is 1. The molecule has 0 fully saturated rings. The van der Waals surface area contributed by atoms with Crippen LogP contribution in [0.5, 0.6) is 0 Å². The molecule has 29 heavy (non-hydrogen) atoms. The summed E-state index contributed by atoms with van der Waals surface area (Å²) in [6, 6.07) is 5.63. The van der Waals surface area contributed by atoms with E-state index in [1.807, 2.05) is 31.3 Å². The van der Waals surface area contributed by atoms with Crippen molar-refractivity contribution in [2.24, 2.45) is 5.41 Å². The molecule has 1 N–H and O–H groups in total. The molecule has 5 heteroatoms. The molecule has 154 valence electrons. The lowest BCUT2D eigenvalue weighted by atomic mass is 9.77. The van der Waals surface area contributed by atoms with Gasteiger partial charge in [0.25, 0.3) is 0 Å². The number of aryl methyl sites for hydroxylation is 1. The molecule has 0 radical (unpaired) electrons. The number of nitrogens with one attached hydrogen (secondary N) is 1. The first-order valence-electron chi connectivity index (χ1n) is 10.3. The van der Waals surface area contributed by atoms with Crippen LogP contribution in [0.2, 0.25) is 0 Å². The van der Waals surface area contributed by atoms with E-state index in [2.05, 4.69) is 24.9 Å². The van der Waals surface area contributed by atoms with Crippen LogP contribution in [0.15, 0.2) is 30.5 Å². The Morgan fingerprint density at radius 2 is 2.03 bits per heavy atom. The average Bonchev–Trinajstić information content (AvgIpc) is 3.10. The highest BCUT2D eigenvalue weighted by Crippen LogP contribution is 2.38. The normalized spacial score (nSPS) is 15.7. The number of carbonyl (C=O) groups excluding carboxylic acids is 2. The third-order valence-electron chi connectivity index (χ3n) is 5.42. The lowest BCUT2D eigenvalue weighted by molar-refractivity contribution is -0.142. The van der Waals surface area contributed by atoms with E-state index in [-0.39, 0.29) is 30.0 Å². The Hall–Kier alpha value is -2.69. The molecular formula is C24H30N2O3. The number of pyridine rings is 1. The summed E-state index contributed by atoms with van der Waals surface area (Å²) in [5.41, 5.74) is 5.52. The average molecular weight is 395 g/mol. The highest BCUT2D eigenvalue weighted by Gasteiger charge is 2.24. The predicted octanol–water partition coefficient (Wildman–Crippen LogP) is 4.84. The standard InChI is InChI=1S/C24H30N2O3/c1-5-29-22(28)14-19-7-6-18(13-21(27)20-12-16(2)15-25-20)23(26-19)17-8-10-24(3,4)11-9-17/h6-8,12,15,25H,5,9-11,13-14H2,1-4H3. The lowest BCUT2D eigenvalue weighted by Crippen LogP contribution is -2.16. The number of hydrogen-bond acceptors (Lipinski definition) is 4. The van der Waals surface area contributed by atoms with Gasteiger partial charge in [-0.15, -0.1) is 0 Å². The maximum atomic E-state index is 12.8. The Balaban J connectivity index is 1.91. The van der Waals surface area contributed by atoms with Crippen LogP contribution in [-0.2, 0) is 22.4 Å². The number of Topliss-reactive ketones (excluding diaryl/α,β-unsaturated/α-hetero) is 1. The van der Waals surface area contributed by atoms with Crippen molar-refractivity contribution >= 4 is 17.3 Å². The summed E-state index contributed by atoms with van der Waals surface area (Å²) in [4.78, 5) is 32.5. The first-order chi connectivity index (χ1) is 13.8. The number of H-pyrrole nitrogens is 1. The molecule has 0 unspecified atom stereocenters. The second kappa shape index (κ2) is 8.76. The molecule has 0 aliphatic heterocycles. The summed E-state index contributed by atoms with van der Waals surface area (Å²) in [5.74, 6) is -0.244. The van der Waals surface area contributed by atoms with Gasteiger partial charge >= 0.3 is 5.97 Å². The van der Waals surface area contributed by atoms with E-state index in [4.69, 9.17) is 9.72 Å². The third-order valence-corrected chi connectivity index (χ3v) is 5.42. The highest BCUT2D eigenvalue weighted by molar-refractivity contribution is 5.96. The van der Waals surface area contributed by atoms with Crippen molar-refractivity contribution in [3.05, 3.63) is 58.7 Å². The molecule has 0 amide bonds. The van der Waals surface area contributed by atoms with Gasteiger partial charge in [-0.3, -0.25) is 14.6 Å². The van der Waals surface area contributed by atoms with E-state index >= 15 is 0 Å². The van der Waals surface area contributed by atoms with Crippen molar-refractivity contribution in [1.82, 2.24) is 9.97 Å². The number of ketones is 1. The maximum Gasteiger partial charge on any atom is 0.311 e. The van der Waals surface area contributed by atoms with E-state index in [0.717, 1.165) is 36.1 Å². The lowest BCUT2D eigenvalue weighted by Gasteiger charge is -2.29. The molecule has 0 saturated heterocycles. The molecule has 0 aromatic carbocycles. The van der Waals surface area contributed by atoms with E-state index in [0.29, 0.717) is 18.0 Å². The van der Waals surface area contributed by atoms with E-state index in [9.17, 15) is 9.59 Å². The van der Waals surface area contributed by atoms with Crippen LogP contribution < -0.4 is 0 Å². The first kappa shape index (κ1) is 21.0. The number of allylic oxidation sites excluding steroid dienone is 2. The minimum absolute atomic E-state index is 0.0380. The van der Waals surface area contributed by atoms with Crippen LogP contribution in [0.25, 0.3) is 5.57 Å². The van der Waals surface area contributed by atoms with Gasteiger partial charge in [-0.05, 0) is 67.4 Å². The molecule has 0 bridgehead atoms. The molecule has 0 saturated carbocycles. The van der Waals surface area contributed by atoms with Crippen molar-refractivity contribution in [1.29, 1.82) is 0 Å². The Kier molecular flexibility index (Phi) is 6.36. The van der Waals surface area contributed by atoms with Gasteiger partial charge in [0, 0.05) is 12.6 Å². The minimum Gasteiger partial charge on any atom is -0.466 e. The number of aromatic nitrogens is 2. The largest absolute Gasteiger partial charge is 0.466 e. The molecule has 1 aliphatic rings. The zero-order valence-corrected chi connectivity index (χ0v) is 17.8. The fourth-order valence-electron chi connectivity index (χ4n) is 3.63. The van der Waals surface area contributed by atoms with Crippen molar-refractivity contribution in [3.63, 3.8) is 0 Å². The van der Waals surface area contributed by atoms with E-state index in [1.54, 1.807) is 6.92 Å². The Labute approximate surface area is 172 Å². The summed E-state index contributed by atoms with van der Waals surface area (Å²) < 4.78 is 5.06. The molecule has 2 aromatic heterocycles. The number of hydrogen-bond donors (Lipinski definition) is 1. The summed E-state index contributed by atoms with van der Waals surface area (Å²) in [6.07, 6.45) is 7.48.